The first-order valence-electron chi connectivity index (χ1n) is 9.30. The van der Waals surface area contributed by atoms with Crippen molar-refractivity contribution in [1.29, 1.82) is 0 Å². The van der Waals surface area contributed by atoms with Crippen molar-refractivity contribution in [2.24, 2.45) is 0 Å². The molecular formula is C26H16. The minimum absolute atomic E-state index is 1.35. The van der Waals surface area contributed by atoms with Gasteiger partial charge in [0.05, 0.1) is 0 Å². The quantitative estimate of drug-likeness (QED) is 0.202. The van der Waals surface area contributed by atoms with Gasteiger partial charge in [-0.25, -0.2) is 0 Å². The molecule has 0 fully saturated rings. The summed E-state index contributed by atoms with van der Waals surface area (Å²) >= 11 is 0. The summed E-state index contributed by atoms with van der Waals surface area (Å²) in [4.78, 5) is 0. The molecule has 0 saturated carbocycles. The van der Waals surface area contributed by atoms with Crippen molar-refractivity contribution in [3.8, 4) is 0 Å². The van der Waals surface area contributed by atoms with Crippen LogP contribution in [0.2, 0.25) is 0 Å². The molecule has 7 rings (SSSR count). The molecule has 0 bridgehead atoms. The summed E-state index contributed by atoms with van der Waals surface area (Å²) < 4.78 is 0. The second-order valence-electron chi connectivity index (χ2n) is 7.88. The fraction of sp³-hybridized carbons (Fsp3) is 0.0769. The molecule has 0 heterocycles. The summed E-state index contributed by atoms with van der Waals surface area (Å²) in [6, 6.07) is 14.1. The van der Waals surface area contributed by atoms with Gasteiger partial charge in [0.2, 0.25) is 0 Å². The van der Waals surface area contributed by atoms with Crippen molar-refractivity contribution in [1.82, 2.24) is 0 Å². The standard InChI is InChI=1S/C26H16/c1-13-11-21-19-7-5-15-3-4-16-6-8-20(25(19)23(15)16)22-12-14(2)18-10-9-17(13)24(18)26(21)22/h3-12H,1-2H3. The van der Waals surface area contributed by atoms with Gasteiger partial charge in [-0.1, -0.05) is 60.7 Å². The van der Waals surface area contributed by atoms with E-state index in [0.717, 1.165) is 0 Å². The Morgan fingerprint density at radius 3 is 1.50 bits per heavy atom. The lowest BCUT2D eigenvalue weighted by Gasteiger charge is -2.18. The van der Waals surface area contributed by atoms with Crippen LogP contribution in [0.5, 0.6) is 0 Å². The molecule has 0 N–H and O–H groups in total. The molecule has 5 aromatic carbocycles. The van der Waals surface area contributed by atoms with Crippen LogP contribution in [-0.2, 0) is 0 Å². The topological polar surface area (TPSA) is 0 Å². The number of benzene rings is 5. The Labute approximate surface area is 151 Å². The summed E-state index contributed by atoms with van der Waals surface area (Å²) in [7, 11) is 0. The van der Waals surface area contributed by atoms with Crippen molar-refractivity contribution in [3.63, 3.8) is 0 Å². The smallest absolute Gasteiger partial charge is 0.00139 e. The average Bonchev–Trinajstić information content (AvgIpc) is 3.27. The van der Waals surface area contributed by atoms with E-state index in [2.05, 4.69) is 74.5 Å². The van der Waals surface area contributed by atoms with Crippen LogP contribution < -0.4 is 0 Å². The summed E-state index contributed by atoms with van der Waals surface area (Å²) in [5, 5.41) is 11.4. The third kappa shape index (κ3) is 1.26. The lowest BCUT2D eigenvalue weighted by molar-refractivity contribution is 1.48. The van der Waals surface area contributed by atoms with E-state index >= 15 is 0 Å². The highest BCUT2D eigenvalue weighted by Gasteiger charge is 2.22. The molecule has 0 amide bonds. The van der Waals surface area contributed by atoms with E-state index in [4.69, 9.17) is 0 Å². The Morgan fingerprint density at radius 1 is 0.462 bits per heavy atom. The molecule has 0 radical (unpaired) electrons. The van der Waals surface area contributed by atoms with Gasteiger partial charge >= 0.3 is 0 Å². The molecule has 0 spiro atoms. The molecular weight excluding hydrogens is 312 g/mol. The highest BCUT2D eigenvalue weighted by Crippen LogP contribution is 2.48. The fourth-order valence-corrected chi connectivity index (χ4v) is 5.43. The lowest BCUT2D eigenvalue weighted by atomic mass is 9.84. The van der Waals surface area contributed by atoms with Crippen molar-refractivity contribution < 1.29 is 0 Å². The number of aryl methyl sites for hydroxylation is 2. The molecule has 0 heteroatoms. The van der Waals surface area contributed by atoms with Crippen LogP contribution in [0.15, 0.2) is 36.4 Å². The maximum absolute atomic E-state index is 2.41. The molecule has 120 valence electrons. The zero-order valence-electron chi connectivity index (χ0n) is 14.8. The van der Waals surface area contributed by atoms with Crippen LogP contribution >= 0.6 is 0 Å². The second kappa shape index (κ2) is 3.99. The number of rotatable bonds is 0. The molecule has 2 aliphatic rings. The molecule has 5 aromatic rings. The minimum Gasteiger partial charge on any atom is -0.0537 e. The van der Waals surface area contributed by atoms with Gasteiger partial charge < -0.3 is 0 Å². The van der Waals surface area contributed by atoms with E-state index in [1.165, 1.54) is 76.5 Å². The van der Waals surface area contributed by atoms with Crippen LogP contribution in [0.4, 0.5) is 0 Å². The third-order valence-electron chi connectivity index (χ3n) is 6.56. The first kappa shape index (κ1) is 13.1. The number of fused-ring (bicyclic) bond motifs is 2. The number of hydrogen-bond donors (Lipinski definition) is 0. The SMILES string of the molecule is Cc1cc2c3ccc4c5c(ccc(c6cc(C)c7c(c1C=C7)c26)c53)C=C4. The maximum Gasteiger partial charge on any atom is -0.00139 e. The molecule has 0 saturated heterocycles. The van der Waals surface area contributed by atoms with Gasteiger partial charge in [-0.3, -0.25) is 0 Å². The van der Waals surface area contributed by atoms with E-state index in [1.807, 2.05) is 0 Å². The highest BCUT2D eigenvalue weighted by molar-refractivity contribution is 6.37. The lowest BCUT2D eigenvalue weighted by Crippen LogP contribution is -1.93. The Bertz CT molecular complexity index is 1420. The van der Waals surface area contributed by atoms with Crippen LogP contribution in [0.25, 0.3) is 67.4 Å². The summed E-state index contributed by atoms with van der Waals surface area (Å²) in [5.74, 6) is 0. The zero-order valence-corrected chi connectivity index (χ0v) is 14.8. The minimum atomic E-state index is 1.35. The normalized spacial score (nSPS) is 14.2. The van der Waals surface area contributed by atoms with Gasteiger partial charge in [0.1, 0.15) is 0 Å². The van der Waals surface area contributed by atoms with Gasteiger partial charge in [0, 0.05) is 0 Å². The van der Waals surface area contributed by atoms with E-state index in [-0.39, 0.29) is 0 Å². The largest absolute Gasteiger partial charge is 0.0537 e. The fourth-order valence-electron chi connectivity index (χ4n) is 5.43. The average molecular weight is 328 g/mol. The highest BCUT2D eigenvalue weighted by atomic mass is 14.3. The van der Waals surface area contributed by atoms with Crippen molar-refractivity contribution >= 4 is 67.4 Å². The molecule has 0 unspecified atom stereocenters. The van der Waals surface area contributed by atoms with Crippen LogP contribution in [0.1, 0.15) is 33.4 Å². The first-order valence-corrected chi connectivity index (χ1v) is 9.30. The van der Waals surface area contributed by atoms with Gasteiger partial charge in [0.15, 0.2) is 0 Å². The first-order chi connectivity index (χ1) is 12.7. The monoisotopic (exact) mass is 328 g/mol. The Morgan fingerprint density at radius 2 is 0.962 bits per heavy atom. The van der Waals surface area contributed by atoms with Crippen LogP contribution in [0, 0.1) is 13.8 Å². The van der Waals surface area contributed by atoms with Crippen LogP contribution in [-0.4, -0.2) is 0 Å². The summed E-state index contributed by atoms with van der Waals surface area (Å²) in [6.45, 7) is 4.51. The molecule has 0 nitrogen and oxygen atoms in total. The maximum atomic E-state index is 2.41. The molecule has 26 heavy (non-hydrogen) atoms. The molecule has 2 aliphatic carbocycles. The van der Waals surface area contributed by atoms with Gasteiger partial charge in [-0.2, -0.15) is 0 Å². The predicted molar refractivity (Wildman–Crippen MR) is 115 cm³/mol. The Kier molecular flexibility index (Phi) is 2.02. The molecule has 0 aromatic heterocycles. The Balaban J connectivity index is 1.93. The van der Waals surface area contributed by atoms with Gasteiger partial charge in [-0.15, -0.1) is 0 Å². The second-order valence-corrected chi connectivity index (χ2v) is 7.88. The van der Waals surface area contributed by atoms with E-state index in [1.54, 1.807) is 0 Å². The van der Waals surface area contributed by atoms with Crippen molar-refractivity contribution in [2.75, 3.05) is 0 Å². The van der Waals surface area contributed by atoms with Crippen molar-refractivity contribution in [3.05, 3.63) is 69.8 Å². The van der Waals surface area contributed by atoms with Crippen LogP contribution in [0.3, 0.4) is 0 Å². The third-order valence-corrected chi connectivity index (χ3v) is 6.56. The van der Waals surface area contributed by atoms with Crippen molar-refractivity contribution in [2.45, 2.75) is 13.8 Å². The Hall–Kier alpha value is -3.12. The summed E-state index contributed by atoms with van der Waals surface area (Å²) in [6.07, 6.45) is 9.11. The zero-order chi connectivity index (χ0) is 17.2. The molecule has 0 atom stereocenters. The summed E-state index contributed by atoms with van der Waals surface area (Å²) in [5.41, 5.74) is 8.28. The predicted octanol–water partition coefficient (Wildman–Crippen LogP) is 7.32. The molecule has 0 aliphatic heterocycles. The van der Waals surface area contributed by atoms with E-state index < -0.39 is 0 Å². The van der Waals surface area contributed by atoms with Gasteiger partial charge in [0.25, 0.3) is 0 Å². The van der Waals surface area contributed by atoms with Gasteiger partial charge in [-0.05, 0) is 90.3 Å². The van der Waals surface area contributed by atoms with E-state index in [0.29, 0.717) is 0 Å². The number of hydrogen-bond acceptors (Lipinski definition) is 0. The van der Waals surface area contributed by atoms with E-state index in [9.17, 15) is 0 Å².